The highest BCUT2D eigenvalue weighted by Gasteiger charge is 2.26. The molecule has 0 unspecified atom stereocenters. The van der Waals surface area contributed by atoms with E-state index in [0.717, 1.165) is 25.9 Å². The largest absolute Gasteiger partial charge is 0.418 e. The molecular formula is C20H24N8O4. The van der Waals surface area contributed by atoms with Gasteiger partial charge in [-0.05, 0) is 25.0 Å². The zero-order chi connectivity index (χ0) is 22.1. The number of nitrogens with zero attached hydrogens (tertiary/aromatic N) is 7. The van der Waals surface area contributed by atoms with Gasteiger partial charge in [0.05, 0.1) is 31.3 Å². The van der Waals surface area contributed by atoms with Gasteiger partial charge in [-0.25, -0.2) is 14.0 Å². The fraction of sp³-hybridized carbons (Fsp3) is 0.450. The Bertz CT molecular complexity index is 1140. The van der Waals surface area contributed by atoms with E-state index in [1.807, 2.05) is 0 Å². The van der Waals surface area contributed by atoms with E-state index in [1.54, 1.807) is 34.8 Å². The van der Waals surface area contributed by atoms with Crippen LogP contribution in [0.2, 0.25) is 0 Å². The van der Waals surface area contributed by atoms with E-state index in [9.17, 15) is 9.59 Å². The number of anilines is 2. The van der Waals surface area contributed by atoms with Gasteiger partial charge in [0.25, 0.3) is 5.91 Å². The van der Waals surface area contributed by atoms with Crippen molar-refractivity contribution in [3.63, 3.8) is 0 Å². The van der Waals surface area contributed by atoms with Gasteiger partial charge < -0.3 is 19.3 Å². The third-order valence-corrected chi connectivity index (χ3v) is 5.56. The molecule has 0 radical (unpaired) electrons. The number of carbonyl (C=O) groups is 2. The van der Waals surface area contributed by atoms with Gasteiger partial charge in [0.1, 0.15) is 5.56 Å². The summed E-state index contributed by atoms with van der Waals surface area (Å²) in [4.78, 5) is 33.7. The number of carbonyl (C=O) groups excluding carboxylic acids is 2. The van der Waals surface area contributed by atoms with Crippen LogP contribution in [0.25, 0.3) is 5.65 Å². The highest BCUT2D eigenvalue weighted by Crippen LogP contribution is 2.22. The first kappa shape index (κ1) is 20.2. The number of hydrogen-bond donors (Lipinski definition) is 1. The molecule has 2 saturated heterocycles. The lowest BCUT2D eigenvalue weighted by atomic mass is 10.2. The van der Waals surface area contributed by atoms with Crippen LogP contribution in [-0.2, 0) is 11.8 Å². The number of fused-ring (bicyclic) bond motifs is 1. The molecule has 2 aliphatic rings. The molecule has 0 atom stereocenters. The first-order chi connectivity index (χ1) is 15.6. The molecule has 168 valence electrons. The van der Waals surface area contributed by atoms with Gasteiger partial charge in [-0.1, -0.05) is 0 Å². The van der Waals surface area contributed by atoms with Crippen LogP contribution < -0.4 is 15.0 Å². The van der Waals surface area contributed by atoms with Gasteiger partial charge in [0.15, 0.2) is 5.65 Å². The number of morpholine rings is 1. The molecule has 0 saturated carbocycles. The smallest absolute Gasteiger partial charge is 0.390 e. The number of aromatic nitrogens is 5. The number of pyridine rings is 1. The van der Waals surface area contributed by atoms with Crippen molar-refractivity contribution >= 4 is 29.3 Å². The van der Waals surface area contributed by atoms with Crippen molar-refractivity contribution in [2.45, 2.75) is 12.8 Å². The van der Waals surface area contributed by atoms with E-state index in [-0.39, 0.29) is 17.4 Å². The number of aryl methyl sites for hydroxylation is 1. The highest BCUT2D eigenvalue weighted by atomic mass is 16.6. The van der Waals surface area contributed by atoms with Crippen LogP contribution in [0.5, 0.6) is 5.88 Å². The van der Waals surface area contributed by atoms with Crippen molar-refractivity contribution in [2.75, 3.05) is 49.6 Å². The Hall–Kier alpha value is -3.67. The lowest BCUT2D eigenvalue weighted by Gasteiger charge is -2.26. The molecule has 1 N–H and O–H groups in total. The Balaban J connectivity index is 1.29. The zero-order valence-electron chi connectivity index (χ0n) is 17.7. The predicted octanol–water partition coefficient (Wildman–Crippen LogP) is 1.15. The SMILES string of the molecule is Cn1ncc(C(=O)N2CCOCC2)c1OC(=O)Nc1ccc2nc(N3CCCC3)nn2c1. The van der Waals surface area contributed by atoms with E-state index in [1.165, 1.54) is 10.9 Å². The predicted molar refractivity (Wildman–Crippen MR) is 114 cm³/mol. The molecule has 2 fully saturated rings. The standard InChI is InChI=1S/C20H24N8O4/c1-25-18(15(12-21-25)17(29)26-8-10-31-11-9-26)32-20(30)22-14-4-5-16-23-19(24-28(16)13-14)27-6-2-3-7-27/h4-5,12-13H,2-3,6-11H2,1H3,(H,22,30). The molecule has 0 aromatic carbocycles. The van der Waals surface area contributed by atoms with Crippen LogP contribution in [0.1, 0.15) is 23.2 Å². The molecule has 0 aliphatic carbocycles. The van der Waals surface area contributed by atoms with Crippen molar-refractivity contribution in [1.82, 2.24) is 29.3 Å². The number of amides is 2. The Morgan fingerprint density at radius 3 is 2.69 bits per heavy atom. The van der Waals surface area contributed by atoms with Crippen LogP contribution in [0.15, 0.2) is 24.5 Å². The highest BCUT2D eigenvalue weighted by molar-refractivity contribution is 5.97. The van der Waals surface area contributed by atoms with E-state index >= 15 is 0 Å². The third kappa shape index (κ3) is 3.96. The zero-order valence-corrected chi connectivity index (χ0v) is 17.7. The Labute approximate surface area is 183 Å². The Kier molecular flexibility index (Phi) is 5.35. The first-order valence-corrected chi connectivity index (χ1v) is 10.6. The average Bonchev–Trinajstić information content (AvgIpc) is 3.54. The summed E-state index contributed by atoms with van der Waals surface area (Å²) >= 11 is 0. The van der Waals surface area contributed by atoms with Gasteiger partial charge >= 0.3 is 6.09 Å². The molecule has 12 heteroatoms. The maximum atomic E-state index is 12.8. The summed E-state index contributed by atoms with van der Waals surface area (Å²) in [5.74, 6) is 0.517. The summed E-state index contributed by atoms with van der Waals surface area (Å²) < 4.78 is 13.7. The molecule has 3 aromatic heterocycles. The van der Waals surface area contributed by atoms with Crippen LogP contribution >= 0.6 is 0 Å². The molecule has 2 amide bonds. The van der Waals surface area contributed by atoms with Crippen LogP contribution in [0.4, 0.5) is 16.4 Å². The maximum Gasteiger partial charge on any atom is 0.418 e. The Morgan fingerprint density at radius 1 is 1.12 bits per heavy atom. The normalized spacial score (nSPS) is 16.5. The van der Waals surface area contributed by atoms with E-state index in [0.29, 0.717) is 43.6 Å². The van der Waals surface area contributed by atoms with Crippen molar-refractivity contribution in [1.29, 1.82) is 0 Å². The minimum atomic E-state index is -0.733. The van der Waals surface area contributed by atoms with Crippen molar-refractivity contribution < 1.29 is 19.1 Å². The maximum absolute atomic E-state index is 12.8. The Morgan fingerprint density at radius 2 is 1.91 bits per heavy atom. The summed E-state index contributed by atoms with van der Waals surface area (Å²) in [6, 6.07) is 3.50. The summed E-state index contributed by atoms with van der Waals surface area (Å²) in [6.45, 7) is 3.82. The van der Waals surface area contributed by atoms with Gasteiger partial charge in [0.2, 0.25) is 11.8 Å². The third-order valence-electron chi connectivity index (χ3n) is 5.56. The van der Waals surface area contributed by atoms with Crippen LogP contribution in [0.3, 0.4) is 0 Å². The fourth-order valence-corrected chi connectivity index (χ4v) is 3.86. The minimum Gasteiger partial charge on any atom is -0.390 e. The van der Waals surface area contributed by atoms with E-state index < -0.39 is 6.09 Å². The van der Waals surface area contributed by atoms with Gasteiger partial charge in [-0.3, -0.25) is 10.1 Å². The minimum absolute atomic E-state index is 0.0807. The number of hydrogen-bond acceptors (Lipinski definition) is 8. The second-order valence-corrected chi connectivity index (χ2v) is 7.73. The molecule has 12 nitrogen and oxygen atoms in total. The average molecular weight is 440 g/mol. The summed E-state index contributed by atoms with van der Waals surface area (Å²) in [5, 5.41) is 11.3. The fourth-order valence-electron chi connectivity index (χ4n) is 3.86. The van der Waals surface area contributed by atoms with Gasteiger partial charge in [-0.15, -0.1) is 5.10 Å². The summed E-state index contributed by atoms with van der Waals surface area (Å²) in [7, 11) is 1.61. The van der Waals surface area contributed by atoms with Crippen LogP contribution in [-0.4, -0.2) is 80.7 Å². The van der Waals surface area contributed by atoms with Crippen molar-refractivity contribution in [3.05, 3.63) is 30.1 Å². The molecule has 0 spiro atoms. The van der Waals surface area contributed by atoms with Gasteiger partial charge in [0, 0.05) is 33.2 Å². The van der Waals surface area contributed by atoms with Crippen molar-refractivity contribution in [3.8, 4) is 5.88 Å². The monoisotopic (exact) mass is 440 g/mol. The number of ether oxygens (including phenoxy) is 2. The molecule has 2 aliphatic heterocycles. The lowest BCUT2D eigenvalue weighted by molar-refractivity contribution is 0.0301. The molecule has 0 bridgehead atoms. The summed E-state index contributed by atoms with van der Waals surface area (Å²) in [6.07, 6.45) is 4.62. The van der Waals surface area contributed by atoms with Crippen LogP contribution in [0, 0.1) is 0 Å². The van der Waals surface area contributed by atoms with Gasteiger partial charge in [-0.2, -0.15) is 10.1 Å². The molecule has 32 heavy (non-hydrogen) atoms. The molecule has 3 aromatic rings. The quantitative estimate of drug-likeness (QED) is 0.642. The van der Waals surface area contributed by atoms with Crippen molar-refractivity contribution in [2.24, 2.45) is 7.05 Å². The summed E-state index contributed by atoms with van der Waals surface area (Å²) in [5.41, 5.74) is 1.41. The molecule has 5 heterocycles. The van der Waals surface area contributed by atoms with E-state index in [4.69, 9.17) is 9.47 Å². The topological polar surface area (TPSA) is 119 Å². The molecule has 5 rings (SSSR count). The lowest BCUT2D eigenvalue weighted by Crippen LogP contribution is -2.40. The second kappa shape index (κ2) is 8.46. The van der Waals surface area contributed by atoms with E-state index in [2.05, 4.69) is 25.4 Å². The molecular weight excluding hydrogens is 416 g/mol. The first-order valence-electron chi connectivity index (χ1n) is 10.6. The second-order valence-electron chi connectivity index (χ2n) is 7.73. The number of rotatable bonds is 4. The number of nitrogens with one attached hydrogen (secondary N) is 1.